The van der Waals surface area contributed by atoms with Gasteiger partial charge in [-0.1, -0.05) is 29.3 Å². The number of nitrogens with zero attached hydrogens (tertiary/aromatic N) is 1. The van der Waals surface area contributed by atoms with Crippen molar-refractivity contribution >= 4 is 52.3 Å². The van der Waals surface area contributed by atoms with Gasteiger partial charge in [-0.25, -0.2) is 0 Å². The maximum absolute atomic E-state index is 8.17. The van der Waals surface area contributed by atoms with Gasteiger partial charge in [0.15, 0.2) is 5.96 Å². The average Bonchev–Trinajstić information content (AvgIpc) is 2.50. The van der Waals surface area contributed by atoms with E-state index in [1.54, 1.807) is 34.9 Å². The van der Waals surface area contributed by atoms with Crippen LogP contribution in [0.4, 0.5) is 11.4 Å². The molecule has 2 rings (SSSR count). The lowest BCUT2D eigenvalue weighted by Gasteiger charge is -2.22. The van der Waals surface area contributed by atoms with Crippen LogP contribution in [0.1, 0.15) is 0 Å². The van der Waals surface area contributed by atoms with Crippen LogP contribution in [0.25, 0.3) is 0 Å². The van der Waals surface area contributed by atoms with E-state index >= 15 is 0 Å². The van der Waals surface area contributed by atoms with Crippen LogP contribution >= 0.6 is 35.0 Å². The van der Waals surface area contributed by atoms with Crippen molar-refractivity contribution in [2.75, 3.05) is 23.5 Å². The number of guanidine groups is 1. The van der Waals surface area contributed by atoms with E-state index in [0.29, 0.717) is 15.7 Å². The van der Waals surface area contributed by atoms with Gasteiger partial charge in [0.05, 0.1) is 10.7 Å². The van der Waals surface area contributed by atoms with Crippen LogP contribution in [0, 0.1) is 5.41 Å². The molecule has 21 heavy (non-hydrogen) atoms. The van der Waals surface area contributed by atoms with Gasteiger partial charge in [0.1, 0.15) is 0 Å². The molecule has 0 bridgehead atoms. The Morgan fingerprint density at radius 2 is 1.95 bits per heavy atom. The van der Waals surface area contributed by atoms with Gasteiger partial charge in [-0.15, -0.1) is 11.8 Å². The minimum absolute atomic E-state index is 0.220. The number of hydrogen-bond donors (Lipinski definition) is 2. The second-order valence-corrected chi connectivity index (χ2v) is 6.08. The van der Waals surface area contributed by atoms with Crippen LogP contribution in [0.15, 0.2) is 47.4 Å². The van der Waals surface area contributed by atoms with Gasteiger partial charge in [-0.3, -0.25) is 5.41 Å². The molecule has 2 aromatic carbocycles. The Bertz CT molecular complexity index is 661. The molecule has 0 aliphatic carbocycles. The van der Waals surface area contributed by atoms with Crippen LogP contribution in [-0.2, 0) is 0 Å². The maximum Gasteiger partial charge on any atom is 0.199 e. The molecule has 2 N–H and O–H groups in total. The molecule has 0 fully saturated rings. The Morgan fingerprint density at radius 3 is 2.67 bits per heavy atom. The van der Waals surface area contributed by atoms with Crippen LogP contribution in [0.3, 0.4) is 0 Å². The number of halogens is 2. The Morgan fingerprint density at radius 1 is 1.19 bits per heavy atom. The van der Waals surface area contributed by atoms with Crippen molar-refractivity contribution < 1.29 is 0 Å². The van der Waals surface area contributed by atoms with Gasteiger partial charge >= 0.3 is 0 Å². The Balaban J connectivity index is 2.17. The molecule has 0 saturated carbocycles. The van der Waals surface area contributed by atoms with Crippen LogP contribution in [0.2, 0.25) is 10.0 Å². The minimum Gasteiger partial charge on any atom is -0.325 e. The Kier molecular flexibility index (Phi) is 5.39. The number of nitrogens with one attached hydrogen (secondary N) is 2. The topological polar surface area (TPSA) is 39.1 Å². The van der Waals surface area contributed by atoms with Crippen LogP contribution < -0.4 is 10.2 Å². The third-order valence-corrected chi connectivity index (χ3v) is 4.25. The quantitative estimate of drug-likeness (QED) is 0.458. The van der Waals surface area contributed by atoms with Crippen molar-refractivity contribution in [3.8, 4) is 0 Å². The lowest BCUT2D eigenvalue weighted by Crippen LogP contribution is -2.32. The highest BCUT2D eigenvalue weighted by atomic mass is 35.5. The number of anilines is 2. The van der Waals surface area contributed by atoms with E-state index < -0.39 is 0 Å². The molecule has 2 aromatic rings. The van der Waals surface area contributed by atoms with Crippen molar-refractivity contribution in [2.24, 2.45) is 0 Å². The molecule has 0 spiro atoms. The van der Waals surface area contributed by atoms with E-state index in [4.69, 9.17) is 28.6 Å². The summed E-state index contributed by atoms with van der Waals surface area (Å²) in [5.41, 5.74) is 1.54. The summed E-state index contributed by atoms with van der Waals surface area (Å²) in [4.78, 5) is 2.89. The third-order valence-electron chi connectivity index (χ3n) is 2.96. The highest BCUT2D eigenvalue weighted by Gasteiger charge is 2.10. The van der Waals surface area contributed by atoms with E-state index in [-0.39, 0.29) is 5.96 Å². The molecular formula is C15H15Cl2N3S. The summed E-state index contributed by atoms with van der Waals surface area (Å²) in [5.74, 6) is 0.220. The first-order valence-electron chi connectivity index (χ1n) is 6.19. The normalized spacial score (nSPS) is 10.3. The standard InChI is InChI=1S/C15H15Cl2N3S/c1-20(11-4-3-5-12(9-11)21-2)15(18)19-14-8-10(16)6-7-13(14)17/h3-9H,1-2H3,(H2,18,19). The smallest absolute Gasteiger partial charge is 0.199 e. The number of thioether (sulfide) groups is 1. The SMILES string of the molecule is CSc1cccc(N(C)C(=N)Nc2cc(Cl)ccc2Cl)c1. The molecule has 0 saturated heterocycles. The first-order valence-corrected chi connectivity index (χ1v) is 8.17. The first kappa shape index (κ1) is 16.0. The van der Waals surface area contributed by atoms with E-state index in [2.05, 4.69) is 5.32 Å². The predicted molar refractivity (Wildman–Crippen MR) is 94.4 cm³/mol. The highest BCUT2D eigenvalue weighted by Crippen LogP contribution is 2.26. The van der Waals surface area contributed by atoms with Gasteiger partial charge < -0.3 is 10.2 Å². The second kappa shape index (κ2) is 7.07. The molecule has 6 heteroatoms. The summed E-state index contributed by atoms with van der Waals surface area (Å²) in [6.45, 7) is 0. The summed E-state index contributed by atoms with van der Waals surface area (Å²) >= 11 is 13.7. The predicted octanol–water partition coefficient (Wildman–Crippen LogP) is 5.20. The second-order valence-electron chi connectivity index (χ2n) is 4.36. The van der Waals surface area contributed by atoms with Crippen molar-refractivity contribution in [3.05, 3.63) is 52.5 Å². The van der Waals surface area contributed by atoms with E-state index in [0.717, 1.165) is 10.6 Å². The minimum atomic E-state index is 0.220. The zero-order valence-electron chi connectivity index (χ0n) is 11.7. The third kappa shape index (κ3) is 4.06. The fourth-order valence-corrected chi connectivity index (χ4v) is 2.54. The lowest BCUT2D eigenvalue weighted by molar-refractivity contribution is 1.20. The van der Waals surface area contributed by atoms with Gasteiger partial charge in [0, 0.05) is 22.7 Å². The first-order chi connectivity index (χ1) is 10.0. The van der Waals surface area contributed by atoms with Gasteiger partial charge in [-0.05, 0) is 42.7 Å². The number of rotatable bonds is 3. The molecule has 0 heterocycles. The molecule has 0 atom stereocenters. The van der Waals surface area contributed by atoms with Crippen LogP contribution in [0.5, 0.6) is 0 Å². The average molecular weight is 340 g/mol. The highest BCUT2D eigenvalue weighted by molar-refractivity contribution is 7.98. The zero-order chi connectivity index (χ0) is 15.4. The summed E-state index contributed by atoms with van der Waals surface area (Å²) in [5, 5.41) is 12.2. The largest absolute Gasteiger partial charge is 0.325 e. The molecule has 0 radical (unpaired) electrons. The summed E-state index contributed by atoms with van der Waals surface area (Å²) in [7, 11) is 1.83. The number of benzene rings is 2. The van der Waals surface area contributed by atoms with Crippen molar-refractivity contribution in [1.29, 1.82) is 5.41 Å². The maximum atomic E-state index is 8.17. The molecular weight excluding hydrogens is 325 g/mol. The van der Waals surface area contributed by atoms with E-state index in [1.165, 1.54) is 0 Å². The molecule has 110 valence electrons. The van der Waals surface area contributed by atoms with Crippen molar-refractivity contribution in [1.82, 2.24) is 0 Å². The van der Waals surface area contributed by atoms with Gasteiger partial charge in [0.2, 0.25) is 0 Å². The number of hydrogen-bond acceptors (Lipinski definition) is 2. The molecule has 0 aliphatic rings. The molecule has 3 nitrogen and oxygen atoms in total. The molecule has 0 unspecified atom stereocenters. The van der Waals surface area contributed by atoms with Gasteiger partial charge in [0.25, 0.3) is 0 Å². The lowest BCUT2D eigenvalue weighted by atomic mass is 10.3. The molecule has 0 amide bonds. The fourth-order valence-electron chi connectivity index (χ4n) is 1.75. The summed E-state index contributed by atoms with van der Waals surface area (Å²) in [6, 6.07) is 13.1. The molecule has 0 aliphatic heterocycles. The summed E-state index contributed by atoms with van der Waals surface area (Å²) < 4.78 is 0. The van der Waals surface area contributed by atoms with Crippen LogP contribution in [-0.4, -0.2) is 19.3 Å². The zero-order valence-corrected chi connectivity index (χ0v) is 14.0. The van der Waals surface area contributed by atoms with E-state index in [1.807, 2.05) is 37.6 Å². The van der Waals surface area contributed by atoms with Crippen molar-refractivity contribution in [3.63, 3.8) is 0 Å². The van der Waals surface area contributed by atoms with Gasteiger partial charge in [-0.2, -0.15) is 0 Å². The summed E-state index contributed by atoms with van der Waals surface area (Å²) in [6.07, 6.45) is 2.02. The van der Waals surface area contributed by atoms with E-state index in [9.17, 15) is 0 Å². The fraction of sp³-hybridized carbons (Fsp3) is 0.133. The Labute approximate surface area is 138 Å². The monoisotopic (exact) mass is 339 g/mol. The van der Waals surface area contributed by atoms with Crippen molar-refractivity contribution in [2.45, 2.75) is 4.90 Å². The Hall–Kier alpha value is -1.36. The molecule has 0 aromatic heterocycles.